The first-order valence-electron chi connectivity index (χ1n) is 7.25. The van der Waals surface area contributed by atoms with Crippen molar-refractivity contribution in [2.75, 3.05) is 6.54 Å². The first-order valence-corrected chi connectivity index (χ1v) is 7.25. The number of carbonyl (C=O) groups is 2. The minimum absolute atomic E-state index is 0.00190. The van der Waals surface area contributed by atoms with Crippen LogP contribution in [0.15, 0.2) is 11.6 Å². The predicted octanol–water partition coefficient (Wildman–Crippen LogP) is 2.25. The van der Waals surface area contributed by atoms with Crippen LogP contribution in [0.2, 0.25) is 0 Å². The van der Waals surface area contributed by atoms with Crippen LogP contribution in [0.3, 0.4) is 0 Å². The molecule has 2 amide bonds. The van der Waals surface area contributed by atoms with Gasteiger partial charge in [-0.2, -0.15) is 0 Å². The van der Waals surface area contributed by atoms with Gasteiger partial charge in [-0.25, -0.2) is 0 Å². The average molecular weight is 266 g/mol. The molecule has 0 aliphatic carbocycles. The van der Waals surface area contributed by atoms with Gasteiger partial charge in [-0.1, -0.05) is 38.3 Å². The molecule has 19 heavy (non-hydrogen) atoms. The van der Waals surface area contributed by atoms with E-state index in [-0.39, 0.29) is 23.9 Å². The third-order valence-electron chi connectivity index (χ3n) is 3.41. The van der Waals surface area contributed by atoms with Gasteiger partial charge in [-0.05, 0) is 26.7 Å². The van der Waals surface area contributed by atoms with Gasteiger partial charge in [0.25, 0.3) is 0 Å². The molecule has 108 valence electrons. The number of hydrogen-bond acceptors (Lipinski definition) is 2. The van der Waals surface area contributed by atoms with Crippen LogP contribution < -0.4 is 5.32 Å². The van der Waals surface area contributed by atoms with Crippen molar-refractivity contribution in [3.05, 3.63) is 11.6 Å². The second kappa shape index (κ2) is 7.31. The summed E-state index contributed by atoms with van der Waals surface area (Å²) in [5.41, 5.74) is 1.17. The Labute approximate surface area is 116 Å². The summed E-state index contributed by atoms with van der Waals surface area (Å²) in [5.74, 6) is 0.0689. The van der Waals surface area contributed by atoms with Crippen LogP contribution in [0, 0.1) is 0 Å². The van der Waals surface area contributed by atoms with Gasteiger partial charge >= 0.3 is 0 Å². The van der Waals surface area contributed by atoms with E-state index in [1.807, 2.05) is 33.8 Å². The lowest BCUT2D eigenvalue weighted by molar-refractivity contribution is -0.149. The van der Waals surface area contributed by atoms with E-state index in [9.17, 15) is 9.59 Å². The van der Waals surface area contributed by atoms with Crippen molar-refractivity contribution >= 4 is 11.8 Å². The van der Waals surface area contributed by atoms with Crippen molar-refractivity contribution in [2.45, 2.75) is 65.5 Å². The molecule has 1 saturated heterocycles. The molecule has 0 aromatic rings. The minimum Gasteiger partial charge on any atom is -0.343 e. The van der Waals surface area contributed by atoms with E-state index >= 15 is 0 Å². The van der Waals surface area contributed by atoms with E-state index in [1.165, 1.54) is 5.57 Å². The van der Waals surface area contributed by atoms with Crippen molar-refractivity contribution in [3.63, 3.8) is 0 Å². The number of nitrogens with zero attached hydrogens (tertiary/aromatic N) is 1. The topological polar surface area (TPSA) is 49.4 Å². The molecular formula is C15H26N2O2. The summed E-state index contributed by atoms with van der Waals surface area (Å²) < 4.78 is 0. The van der Waals surface area contributed by atoms with Crippen LogP contribution in [0.5, 0.6) is 0 Å². The summed E-state index contributed by atoms with van der Waals surface area (Å²) in [6.45, 7) is 8.62. The van der Waals surface area contributed by atoms with Crippen molar-refractivity contribution in [1.82, 2.24) is 10.2 Å². The number of nitrogens with one attached hydrogen (secondary N) is 1. The van der Waals surface area contributed by atoms with Crippen LogP contribution in [0.1, 0.15) is 53.4 Å². The smallest absolute Gasteiger partial charge is 0.246 e. The predicted molar refractivity (Wildman–Crippen MR) is 76.7 cm³/mol. The molecule has 2 atom stereocenters. The highest BCUT2D eigenvalue weighted by atomic mass is 16.2. The van der Waals surface area contributed by atoms with Gasteiger partial charge in [0, 0.05) is 6.54 Å². The summed E-state index contributed by atoms with van der Waals surface area (Å²) in [7, 11) is 0. The summed E-state index contributed by atoms with van der Waals surface area (Å²) in [6, 6.07) is -0.641. The maximum absolute atomic E-state index is 12.4. The van der Waals surface area contributed by atoms with Gasteiger partial charge in [0.2, 0.25) is 11.8 Å². The molecule has 0 radical (unpaired) electrons. The monoisotopic (exact) mass is 266 g/mol. The van der Waals surface area contributed by atoms with E-state index in [2.05, 4.69) is 5.32 Å². The van der Waals surface area contributed by atoms with Gasteiger partial charge in [0.05, 0.1) is 0 Å². The van der Waals surface area contributed by atoms with Crippen LogP contribution in [-0.2, 0) is 9.59 Å². The average Bonchev–Trinajstić information content (AvgIpc) is 2.35. The lowest BCUT2D eigenvalue weighted by atomic mass is 10.0. The highest BCUT2D eigenvalue weighted by Crippen LogP contribution is 2.17. The van der Waals surface area contributed by atoms with E-state index in [4.69, 9.17) is 0 Å². The highest BCUT2D eigenvalue weighted by Gasteiger charge is 2.38. The van der Waals surface area contributed by atoms with Gasteiger partial charge in [-0.15, -0.1) is 0 Å². The van der Waals surface area contributed by atoms with Gasteiger partial charge in [0.1, 0.15) is 12.1 Å². The largest absolute Gasteiger partial charge is 0.343 e. The van der Waals surface area contributed by atoms with Crippen molar-refractivity contribution in [1.29, 1.82) is 0 Å². The zero-order valence-electron chi connectivity index (χ0n) is 12.5. The normalized spacial score (nSPS) is 23.3. The molecule has 4 nitrogen and oxygen atoms in total. The maximum atomic E-state index is 12.4. The summed E-state index contributed by atoms with van der Waals surface area (Å²) >= 11 is 0. The van der Waals surface area contributed by atoms with Crippen molar-refractivity contribution < 1.29 is 9.59 Å². The minimum atomic E-state index is -0.337. The van der Waals surface area contributed by atoms with E-state index in [0.29, 0.717) is 6.54 Å². The SMILES string of the molecule is CCCC1NC(=O)C(CCC)N(CC=C(C)C)C1=O. The van der Waals surface area contributed by atoms with Crippen LogP contribution in [-0.4, -0.2) is 35.3 Å². The summed E-state index contributed by atoms with van der Waals surface area (Å²) in [4.78, 5) is 26.3. The zero-order valence-corrected chi connectivity index (χ0v) is 12.5. The lowest BCUT2D eigenvalue weighted by Gasteiger charge is -2.38. The van der Waals surface area contributed by atoms with E-state index < -0.39 is 0 Å². The number of amides is 2. The van der Waals surface area contributed by atoms with Gasteiger partial charge < -0.3 is 10.2 Å². The molecule has 0 aromatic carbocycles. The molecule has 1 rings (SSSR count). The Hall–Kier alpha value is -1.32. The van der Waals surface area contributed by atoms with Crippen molar-refractivity contribution in [2.24, 2.45) is 0 Å². The molecule has 1 heterocycles. The molecule has 2 unspecified atom stereocenters. The Morgan fingerprint density at radius 3 is 2.37 bits per heavy atom. The quantitative estimate of drug-likeness (QED) is 0.750. The molecule has 1 N–H and O–H groups in total. The number of carbonyl (C=O) groups excluding carboxylic acids is 2. The number of hydrogen-bond donors (Lipinski definition) is 1. The van der Waals surface area contributed by atoms with Crippen LogP contribution in [0.25, 0.3) is 0 Å². The van der Waals surface area contributed by atoms with Gasteiger partial charge in [-0.3, -0.25) is 9.59 Å². The fraction of sp³-hybridized carbons (Fsp3) is 0.733. The molecule has 1 fully saturated rings. The lowest BCUT2D eigenvalue weighted by Crippen LogP contribution is -2.63. The standard InChI is InChI=1S/C15H26N2O2/c1-5-7-12-15(19)17(10-9-11(3)4)13(8-6-2)14(18)16-12/h9,12-13H,5-8,10H2,1-4H3,(H,16,18). The fourth-order valence-corrected chi connectivity index (χ4v) is 2.37. The molecule has 0 saturated carbocycles. The van der Waals surface area contributed by atoms with E-state index in [1.54, 1.807) is 4.90 Å². The Kier molecular flexibility index (Phi) is 6.06. The Morgan fingerprint density at radius 2 is 1.84 bits per heavy atom. The molecule has 1 aliphatic rings. The fourth-order valence-electron chi connectivity index (χ4n) is 2.37. The number of allylic oxidation sites excluding steroid dienone is 1. The summed E-state index contributed by atoms with van der Waals surface area (Å²) in [6.07, 6.45) is 5.25. The molecule has 4 heteroatoms. The Morgan fingerprint density at radius 1 is 1.21 bits per heavy atom. The number of piperazine rings is 1. The van der Waals surface area contributed by atoms with Crippen molar-refractivity contribution in [3.8, 4) is 0 Å². The Balaban J connectivity index is 2.89. The molecule has 0 spiro atoms. The second-order valence-electron chi connectivity index (χ2n) is 5.43. The number of rotatable bonds is 6. The molecular weight excluding hydrogens is 240 g/mol. The van der Waals surface area contributed by atoms with E-state index in [0.717, 1.165) is 25.7 Å². The zero-order chi connectivity index (χ0) is 14.4. The molecule has 1 aliphatic heterocycles. The summed E-state index contributed by atoms with van der Waals surface area (Å²) in [5, 5.41) is 2.87. The highest BCUT2D eigenvalue weighted by molar-refractivity contribution is 5.97. The molecule has 0 bridgehead atoms. The van der Waals surface area contributed by atoms with Gasteiger partial charge in [0.15, 0.2) is 0 Å². The first-order chi connectivity index (χ1) is 9.01. The third kappa shape index (κ3) is 4.08. The Bertz CT molecular complexity index is 359. The first kappa shape index (κ1) is 15.7. The molecule has 0 aromatic heterocycles. The van der Waals surface area contributed by atoms with Crippen LogP contribution in [0.4, 0.5) is 0 Å². The second-order valence-corrected chi connectivity index (χ2v) is 5.43. The van der Waals surface area contributed by atoms with Crippen LogP contribution >= 0.6 is 0 Å². The maximum Gasteiger partial charge on any atom is 0.246 e. The third-order valence-corrected chi connectivity index (χ3v) is 3.41.